The highest BCUT2D eigenvalue weighted by Gasteiger charge is 2.19. The van der Waals surface area contributed by atoms with Crippen LogP contribution in [0.15, 0.2) is 29.4 Å². The number of hydrogen-bond donors (Lipinski definition) is 2. The number of hydrogen-bond acceptors (Lipinski definition) is 6. The fraction of sp³-hybridized carbons (Fsp3) is 0.312. The summed E-state index contributed by atoms with van der Waals surface area (Å²) in [5.41, 5.74) is 6.29. The number of rotatable bonds is 7. The summed E-state index contributed by atoms with van der Waals surface area (Å²) >= 11 is 1.27. The number of benzene rings is 1. The summed E-state index contributed by atoms with van der Waals surface area (Å²) in [6.07, 6.45) is 0.608. The van der Waals surface area contributed by atoms with Crippen LogP contribution in [0.2, 0.25) is 0 Å². The Hall–Kier alpha value is -2.86. The van der Waals surface area contributed by atoms with Crippen LogP contribution in [0.3, 0.4) is 0 Å². The molecule has 3 N–H and O–H groups in total. The first-order chi connectivity index (χ1) is 11.9. The minimum atomic E-state index is -0.400. The molecule has 25 heavy (non-hydrogen) atoms. The van der Waals surface area contributed by atoms with Gasteiger partial charge in [0.15, 0.2) is 5.16 Å². The standard InChI is InChI=1S/C16H18N6O2S/c1-10(15(24)19-12-5-3-11(9-17)4-6-12)25-16-21-20-14(22(16)2)8-7-13(18)23/h3-6,10H,7-8H2,1-2H3,(H2,18,23)(H,19,24)/t10-/m1/s1. The topological polar surface area (TPSA) is 127 Å². The molecule has 130 valence electrons. The smallest absolute Gasteiger partial charge is 0.237 e. The summed E-state index contributed by atoms with van der Waals surface area (Å²) in [4.78, 5) is 23.1. The molecule has 0 fully saturated rings. The minimum absolute atomic E-state index is 0.184. The molecule has 9 heteroatoms. The van der Waals surface area contributed by atoms with Gasteiger partial charge in [-0.05, 0) is 31.2 Å². The van der Waals surface area contributed by atoms with Crippen LogP contribution in [0.25, 0.3) is 0 Å². The first-order valence-corrected chi connectivity index (χ1v) is 8.43. The first kappa shape index (κ1) is 18.5. The zero-order valence-electron chi connectivity index (χ0n) is 13.9. The van der Waals surface area contributed by atoms with Gasteiger partial charge in [-0.1, -0.05) is 11.8 Å². The van der Waals surface area contributed by atoms with Crippen molar-refractivity contribution in [2.75, 3.05) is 5.32 Å². The highest BCUT2D eigenvalue weighted by atomic mass is 32.2. The van der Waals surface area contributed by atoms with E-state index in [1.807, 2.05) is 6.07 Å². The largest absolute Gasteiger partial charge is 0.370 e. The Balaban J connectivity index is 1.96. The first-order valence-electron chi connectivity index (χ1n) is 7.55. The molecule has 0 bridgehead atoms. The Labute approximate surface area is 149 Å². The number of amides is 2. The van der Waals surface area contributed by atoms with Crippen molar-refractivity contribution in [1.82, 2.24) is 14.8 Å². The SMILES string of the molecule is C[C@@H](Sc1nnc(CCC(N)=O)n1C)C(=O)Nc1ccc(C#N)cc1. The van der Waals surface area contributed by atoms with E-state index in [-0.39, 0.29) is 12.3 Å². The molecule has 0 unspecified atom stereocenters. The van der Waals surface area contributed by atoms with E-state index in [0.717, 1.165) is 0 Å². The molecule has 2 rings (SSSR count). The van der Waals surface area contributed by atoms with Crippen LogP contribution in [-0.4, -0.2) is 31.8 Å². The maximum absolute atomic E-state index is 12.3. The normalized spacial score (nSPS) is 11.6. The number of nitrogens with two attached hydrogens (primary N) is 1. The van der Waals surface area contributed by atoms with Crippen molar-refractivity contribution in [2.24, 2.45) is 12.8 Å². The van der Waals surface area contributed by atoms with Gasteiger partial charge >= 0.3 is 0 Å². The molecule has 1 aromatic carbocycles. The van der Waals surface area contributed by atoms with Gasteiger partial charge in [0, 0.05) is 25.6 Å². The quantitative estimate of drug-likeness (QED) is 0.717. The maximum Gasteiger partial charge on any atom is 0.237 e. The highest BCUT2D eigenvalue weighted by Crippen LogP contribution is 2.23. The van der Waals surface area contributed by atoms with E-state index in [4.69, 9.17) is 11.0 Å². The molecule has 0 radical (unpaired) electrons. The number of nitrogens with zero attached hydrogens (tertiary/aromatic N) is 4. The molecule has 0 aliphatic carbocycles. The zero-order valence-corrected chi connectivity index (χ0v) is 14.7. The minimum Gasteiger partial charge on any atom is -0.370 e. The Morgan fingerprint density at radius 3 is 2.64 bits per heavy atom. The highest BCUT2D eigenvalue weighted by molar-refractivity contribution is 8.00. The lowest BCUT2D eigenvalue weighted by atomic mass is 10.2. The van der Waals surface area contributed by atoms with Crippen molar-refractivity contribution in [3.05, 3.63) is 35.7 Å². The third kappa shape index (κ3) is 5.06. The molecular formula is C16H18N6O2S. The van der Waals surface area contributed by atoms with Crippen LogP contribution >= 0.6 is 11.8 Å². The molecule has 1 heterocycles. The molecule has 0 spiro atoms. The van der Waals surface area contributed by atoms with Gasteiger partial charge in [-0.2, -0.15) is 5.26 Å². The molecular weight excluding hydrogens is 340 g/mol. The molecule has 2 aromatic rings. The third-order valence-corrected chi connectivity index (χ3v) is 4.59. The molecule has 1 atom stereocenters. The molecule has 8 nitrogen and oxygen atoms in total. The summed E-state index contributed by atoms with van der Waals surface area (Å²) in [6.45, 7) is 1.77. The fourth-order valence-electron chi connectivity index (χ4n) is 1.98. The zero-order chi connectivity index (χ0) is 18.4. The third-order valence-electron chi connectivity index (χ3n) is 3.45. The van der Waals surface area contributed by atoms with Crippen LogP contribution < -0.4 is 11.1 Å². The number of thioether (sulfide) groups is 1. The number of primary amides is 1. The van der Waals surface area contributed by atoms with E-state index < -0.39 is 11.2 Å². The number of nitrogens with one attached hydrogen (secondary N) is 1. The lowest BCUT2D eigenvalue weighted by molar-refractivity contribution is -0.118. The van der Waals surface area contributed by atoms with E-state index in [0.29, 0.717) is 28.7 Å². The van der Waals surface area contributed by atoms with Gasteiger partial charge in [-0.3, -0.25) is 9.59 Å². The van der Waals surface area contributed by atoms with Crippen molar-refractivity contribution in [2.45, 2.75) is 30.2 Å². The van der Waals surface area contributed by atoms with Gasteiger partial charge in [-0.25, -0.2) is 0 Å². The Kier molecular flexibility index (Phi) is 6.14. The summed E-state index contributed by atoms with van der Waals surface area (Å²) in [7, 11) is 1.78. The van der Waals surface area contributed by atoms with Gasteiger partial charge in [0.05, 0.1) is 16.9 Å². The second-order valence-electron chi connectivity index (χ2n) is 5.36. The van der Waals surface area contributed by atoms with Crippen LogP contribution in [-0.2, 0) is 23.1 Å². The number of nitriles is 1. The summed E-state index contributed by atoms with van der Waals surface area (Å²) in [5.74, 6) is 0.0600. The molecule has 1 aromatic heterocycles. The molecule has 0 saturated heterocycles. The van der Waals surface area contributed by atoms with Crippen LogP contribution in [0.1, 0.15) is 24.7 Å². The van der Waals surface area contributed by atoms with E-state index in [1.54, 1.807) is 42.8 Å². The number of aromatic nitrogens is 3. The van der Waals surface area contributed by atoms with E-state index in [2.05, 4.69) is 15.5 Å². The molecule has 0 aliphatic heterocycles. The fourth-order valence-corrected chi connectivity index (χ4v) is 2.82. The number of aryl methyl sites for hydroxylation is 1. The average molecular weight is 358 g/mol. The van der Waals surface area contributed by atoms with Crippen molar-refractivity contribution in [1.29, 1.82) is 5.26 Å². The van der Waals surface area contributed by atoms with Crippen molar-refractivity contribution >= 4 is 29.3 Å². The van der Waals surface area contributed by atoms with Crippen LogP contribution in [0, 0.1) is 11.3 Å². The molecule has 2 amide bonds. The number of anilines is 1. The lowest BCUT2D eigenvalue weighted by Crippen LogP contribution is -2.22. The monoisotopic (exact) mass is 358 g/mol. The summed E-state index contributed by atoms with van der Waals surface area (Å²) < 4.78 is 1.75. The average Bonchev–Trinajstić information content (AvgIpc) is 2.93. The van der Waals surface area contributed by atoms with Gasteiger partial charge in [0.2, 0.25) is 11.8 Å². The molecule has 0 aliphatic rings. The lowest BCUT2D eigenvalue weighted by Gasteiger charge is -2.11. The van der Waals surface area contributed by atoms with E-state index in [1.165, 1.54) is 11.8 Å². The Bertz CT molecular complexity index is 809. The van der Waals surface area contributed by atoms with Gasteiger partial charge in [0.25, 0.3) is 0 Å². The van der Waals surface area contributed by atoms with Gasteiger partial charge < -0.3 is 15.6 Å². The van der Waals surface area contributed by atoms with E-state index in [9.17, 15) is 9.59 Å². The van der Waals surface area contributed by atoms with Crippen LogP contribution in [0.4, 0.5) is 5.69 Å². The summed E-state index contributed by atoms with van der Waals surface area (Å²) in [6, 6.07) is 8.66. The second-order valence-corrected chi connectivity index (χ2v) is 6.67. The maximum atomic E-state index is 12.3. The predicted octanol–water partition coefficient (Wildman–Crippen LogP) is 1.22. The Morgan fingerprint density at radius 2 is 2.04 bits per heavy atom. The van der Waals surface area contributed by atoms with Gasteiger partial charge in [0.1, 0.15) is 5.82 Å². The second kappa shape index (κ2) is 8.30. The van der Waals surface area contributed by atoms with Crippen molar-refractivity contribution in [3.63, 3.8) is 0 Å². The van der Waals surface area contributed by atoms with Gasteiger partial charge in [-0.15, -0.1) is 10.2 Å². The summed E-state index contributed by atoms with van der Waals surface area (Å²) in [5, 5.41) is 19.8. The molecule has 0 saturated carbocycles. The van der Waals surface area contributed by atoms with E-state index >= 15 is 0 Å². The van der Waals surface area contributed by atoms with Crippen molar-refractivity contribution in [3.8, 4) is 6.07 Å². The van der Waals surface area contributed by atoms with Crippen LogP contribution in [0.5, 0.6) is 0 Å². The number of carbonyl (C=O) groups is 2. The van der Waals surface area contributed by atoms with Crippen molar-refractivity contribution < 1.29 is 9.59 Å². The Morgan fingerprint density at radius 1 is 1.36 bits per heavy atom. The number of carbonyl (C=O) groups excluding carboxylic acids is 2. The predicted molar refractivity (Wildman–Crippen MR) is 93.6 cm³/mol.